The average Bonchev–Trinajstić information content (AvgIpc) is 2.26. The van der Waals surface area contributed by atoms with Crippen molar-refractivity contribution in [1.82, 2.24) is 0 Å². The van der Waals surface area contributed by atoms with E-state index in [1.165, 1.54) is 12.1 Å². The minimum absolute atomic E-state index is 0.0816. The molecule has 0 spiro atoms. The Morgan fingerprint density at radius 1 is 1.05 bits per heavy atom. The van der Waals surface area contributed by atoms with Gasteiger partial charge in [0.2, 0.25) is 0 Å². The molecule has 2 aromatic carbocycles. The van der Waals surface area contributed by atoms with E-state index in [-0.39, 0.29) is 11.6 Å². The van der Waals surface area contributed by atoms with Crippen LogP contribution in [0.5, 0.6) is 0 Å². The van der Waals surface area contributed by atoms with Gasteiger partial charge >= 0.3 is 0 Å². The predicted octanol–water partition coefficient (Wildman–Crippen LogP) is 4.74. The van der Waals surface area contributed by atoms with Gasteiger partial charge in [-0.25, -0.2) is 4.39 Å². The molecule has 0 fully saturated rings. The number of rotatable bonds is 2. The van der Waals surface area contributed by atoms with Crippen molar-refractivity contribution < 1.29 is 9.18 Å². The molecule has 1 nitrogen and oxygen atoms in total. The summed E-state index contributed by atoms with van der Waals surface area (Å²) in [4.78, 5) is 12.6. The summed E-state index contributed by atoms with van der Waals surface area (Å²) in [5.41, 5.74) is 3.58. The minimum Gasteiger partial charge on any atom is -0.289 e. The van der Waals surface area contributed by atoms with E-state index in [1.807, 2.05) is 19.1 Å². The molecular weight excluding hydrogens is 307 g/mol. The van der Waals surface area contributed by atoms with Gasteiger partial charge < -0.3 is 0 Å². The topological polar surface area (TPSA) is 17.1 Å². The first-order chi connectivity index (χ1) is 8.90. The molecule has 3 heteroatoms. The highest BCUT2D eigenvalue weighted by molar-refractivity contribution is 9.10. The fourth-order valence-corrected chi connectivity index (χ4v) is 2.88. The van der Waals surface area contributed by atoms with E-state index < -0.39 is 0 Å². The van der Waals surface area contributed by atoms with Crippen molar-refractivity contribution in [3.05, 3.63) is 68.4 Å². The molecule has 0 amide bonds. The van der Waals surface area contributed by atoms with Crippen LogP contribution in [0.15, 0.2) is 34.8 Å². The number of halogens is 2. The highest BCUT2D eigenvalue weighted by Crippen LogP contribution is 2.25. The van der Waals surface area contributed by atoms with Crippen molar-refractivity contribution in [2.75, 3.05) is 0 Å². The van der Waals surface area contributed by atoms with Crippen molar-refractivity contribution in [2.45, 2.75) is 20.8 Å². The Hall–Kier alpha value is -1.48. The average molecular weight is 321 g/mol. The lowest BCUT2D eigenvalue weighted by molar-refractivity contribution is 0.103. The molecule has 0 aliphatic rings. The van der Waals surface area contributed by atoms with Gasteiger partial charge in [0.1, 0.15) is 5.82 Å². The summed E-state index contributed by atoms with van der Waals surface area (Å²) in [6.45, 7) is 5.48. The van der Waals surface area contributed by atoms with E-state index in [4.69, 9.17) is 0 Å². The number of hydrogen-bond acceptors (Lipinski definition) is 1. The third-order valence-corrected chi connectivity index (χ3v) is 3.75. The normalized spacial score (nSPS) is 10.6. The lowest BCUT2D eigenvalue weighted by Crippen LogP contribution is -2.08. The highest BCUT2D eigenvalue weighted by atomic mass is 79.9. The zero-order valence-electron chi connectivity index (χ0n) is 11.1. The summed E-state index contributed by atoms with van der Waals surface area (Å²) in [6, 6.07) is 8.38. The van der Waals surface area contributed by atoms with Gasteiger partial charge in [-0.05, 0) is 61.7 Å². The molecule has 0 aromatic heterocycles. The molecule has 2 aromatic rings. The minimum atomic E-state index is -0.311. The third-order valence-electron chi connectivity index (χ3n) is 3.09. The molecule has 0 bridgehead atoms. The molecule has 98 valence electrons. The van der Waals surface area contributed by atoms with Gasteiger partial charge in [-0.15, -0.1) is 0 Å². The van der Waals surface area contributed by atoms with Crippen molar-refractivity contribution in [2.24, 2.45) is 0 Å². The van der Waals surface area contributed by atoms with Gasteiger partial charge in [-0.2, -0.15) is 0 Å². The van der Waals surface area contributed by atoms with Crippen LogP contribution in [0, 0.1) is 26.6 Å². The summed E-state index contributed by atoms with van der Waals surface area (Å²) in [5, 5.41) is 0. The number of ketones is 1. The Morgan fingerprint density at radius 3 is 2.16 bits per heavy atom. The second kappa shape index (κ2) is 5.25. The Morgan fingerprint density at radius 2 is 1.63 bits per heavy atom. The van der Waals surface area contributed by atoms with Gasteiger partial charge in [0.15, 0.2) is 5.78 Å². The molecular formula is C16H14BrFO. The molecule has 0 aliphatic heterocycles. The maximum absolute atomic E-state index is 13.3. The maximum Gasteiger partial charge on any atom is 0.194 e. The molecule has 0 saturated carbocycles. The Kier molecular flexibility index (Phi) is 3.85. The smallest absolute Gasteiger partial charge is 0.194 e. The molecule has 19 heavy (non-hydrogen) atoms. The molecule has 0 saturated heterocycles. The Balaban J connectivity index is 2.56. The summed E-state index contributed by atoms with van der Waals surface area (Å²) in [7, 11) is 0. The van der Waals surface area contributed by atoms with Crippen LogP contribution in [0.3, 0.4) is 0 Å². The fourth-order valence-electron chi connectivity index (χ4n) is 2.21. The zero-order chi connectivity index (χ0) is 14.2. The predicted molar refractivity (Wildman–Crippen MR) is 78.2 cm³/mol. The largest absolute Gasteiger partial charge is 0.289 e. The Bertz CT molecular complexity index is 639. The van der Waals surface area contributed by atoms with Crippen LogP contribution in [0.1, 0.15) is 32.6 Å². The van der Waals surface area contributed by atoms with Crippen molar-refractivity contribution in [1.29, 1.82) is 0 Å². The quantitative estimate of drug-likeness (QED) is 0.730. The number of aryl methyl sites for hydroxylation is 3. The molecule has 0 radical (unpaired) electrons. The van der Waals surface area contributed by atoms with Gasteiger partial charge in [0.25, 0.3) is 0 Å². The summed E-state index contributed by atoms with van der Waals surface area (Å²) in [5.74, 6) is -0.392. The molecule has 0 N–H and O–H groups in total. The van der Waals surface area contributed by atoms with E-state index in [0.717, 1.165) is 10.0 Å². The van der Waals surface area contributed by atoms with Crippen LogP contribution in [0.4, 0.5) is 4.39 Å². The SMILES string of the molecule is Cc1ccc(C(=O)c2c(C)cc(F)cc2C)c(Br)c1. The van der Waals surface area contributed by atoms with Crippen molar-refractivity contribution in [3.63, 3.8) is 0 Å². The van der Waals surface area contributed by atoms with Crippen LogP contribution >= 0.6 is 15.9 Å². The molecule has 0 heterocycles. The second-order valence-corrected chi connectivity index (χ2v) is 5.58. The molecule has 0 aliphatic carbocycles. The van der Waals surface area contributed by atoms with Crippen LogP contribution < -0.4 is 0 Å². The van der Waals surface area contributed by atoms with Crippen molar-refractivity contribution in [3.8, 4) is 0 Å². The lowest BCUT2D eigenvalue weighted by atomic mass is 9.94. The molecule has 2 rings (SSSR count). The maximum atomic E-state index is 13.3. The molecule has 0 unspecified atom stereocenters. The summed E-state index contributed by atoms with van der Waals surface area (Å²) < 4.78 is 14.1. The zero-order valence-corrected chi connectivity index (χ0v) is 12.6. The molecule has 0 atom stereocenters. The first kappa shape index (κ1) is 13.9. The number of hydrogen-bond donors (Lipinski definition) is 0. The van der Waals surface area contributed by atoms with E-state index in [0.29, 0.717) is 22.3 Å². The number of carbonyl (C=O) groups is 1. The van der Waals surface area contributed by atoms with Crippen LogP contribution in [-0.2, 0) is 0 Å². The van der Waals surface area contributed by atoms with Crippen molar-refractivity contribution >= 4 is 21.7 Å². The summed E-state index contributed by atoms with van der Waals surface area (Å²) >= 11 is 3.41. The van der Waals surface area contributed by atoms with Gasteiger partial charge in [0.05, 0.1) is 0 Å². The first-order valence-corrected chi connectivity index (χ1v) is 6.77. The lowest BCUT2D eigenvalue weighted by Gasteiger charge is -2.11. The van der Waals surface area contributed by atoms with Gasteiger partial charge in [0, 0.05) is 15.6 Å². The number of benzene rings is 2. The van der Waals surface area contributed by atoms with Gasteiger partial charge in [-0.1, -0.05) is 22.0 Å². The highest BCUT2D eigenvalue weighted by Gasteiger charge is 2.17. The van der Waals surface area contributed by atoms with E-state index in [1.54, 1.807) is 19.9 Å². The second-order valence-electron chi connectivity index (χ2n) is 4.73. The summed E-state index contributed by atoms with van der Waals surface area (Å²) in [6.07, 6.45) is 0. The Labute approximate surface area is 120 Å². The van der Waals surface area contributed by atoms with Gasteiger partial charge in [-0.3, -0.25) is 4.79 Å². The van der Waals surface area contributed by atoms with Crippen LogP contribution in [-0.4, -0.2) is 5.78 Å². The monoisotopic (exact) mass is 320 g/mol. The van der Waals surface area contributed by atoms with E-state index in [2.05, 4.69) is 15.9 Å². The van der Waals surface area contributed by atoms with E-state index >= 15 is 0 Å². The fraction of sp³-hybridized carbons (Fsp3) is 0.188. The van der Waals surface area contributed by atoms with Crippen LogP contribution in [0.25, 0.3) is 0 Å². The first-order valence-electron chi connectivity index (χ1n) is 5.97. The van der Waals surface area contributed by atoms with Crippen LogP contribution in [0.2, 0.25) is 0 Å². The standard InChI is InChI=1S/C16H14BrFO/c1-9-4-5-13(14(17)6-9)16(19)15-10(2)7-12(18)8-11(15)3/h4-8H,1-3H3. The van der Waals surface area contributed by atoms with E-state index in [9.17, 15) is 9.18 Å². The third kappa shape index (κ3) is 2.76. The number of carbonyl (C=O) groups excluding carboxylic acids is 1.